The molecule has 2 aromatic carbocycles. The number of aromatic nitrogens is 3. The van der Waals surface area contributed by atoms with Gasteiger partial charge in [0.05, 0.1) is 18.0 Å². The Morgan fingerprint density at radius 1 is 1.00 bits per heavy atom. The van der Waals surface area contributed by atoms with E-state index in [0.29, 0.717) is 38.5 Å². The number of carbonyl (C=O) groups excluding carboxylic acids is 1. The van der Waals surface area contributed by atoms with Crippen molar-refractivity contribution in [3.8, 4) is 5.75 Å². The van der Waals surface area contributed by atoms with Gasteiger partial charge in [0.2, 0.25) is 5.91 Å². The number of thioether (sulfide) groups is 1. The Morgan fingerprint density at radius 3 is 2.43 bits per heavy atom. The third-order valence-electron chi connectivity index (χ3n) is 5.26. The number of anilines is 1. The SMILES string of the molecule is Cc1nnc(SCC(=O)N2CCN(c3ccccc3O)CC2)n1Cc1ccccc1. The highest BCUT2D eigenvalue weighted by Gasteiger charge is 2.23. The molecule has 0 saturated carbocycles. The molecule has 0 radical (unpaired) electrons. The molecule has 0 spiro atoms. The van der Waals surface area contributed by atoms with E-state index in [9.17, 15) is 9.90 Å². The number of hydrogen-bond acceptors (Lipinski definition) is 6. The van der Waals surface area contributed by atoms with Gasteiger partial charge in [-0.2, -0.15) is 0 Å². The molecule has 3 aromatic rings. The summed E-state index contributed by atoms with van der Waals surface area (Å²) in [5.41, 5.74) is 2.00. The summed E-state index contributed by atoms with van der Waals surface area (Å²) in [6, 6.07) is 17.5. The molecule has 156 valence electrons. The first-order chi connectivity index (χ1) is 14.6. The summed E-state index contributed by atoms with van der Waals surface area (Å²) in [5, 5.41) is 19.3. The van der Waals surface area contributed by atoms with Crippen LogP contribution in [0.3, 0.4) is 0 Å². The minimum Gasteiger partial charge on any atom is -0.506 e. The van der Waals surface area contributed by atoms with Gasteiger partial charge in [0.15, 0.2) is 5.16 Å². The molecule has 0 atom stereocenters. The number of carbonyl (C=O) groups is 1. The molecular weight excluding hydrogens is 398 g/mol. The van der Waals surface area contributed by atoms with Gasteiger partial charge >= 0.3 is 0 Å². The van der Waals surface area contributed by atoms with Crippen LogP contribution in [0.2, 0.25) is 0 Å². The molecule has 0 bridgehead atoms. The molecule has 8 heteroatoms. The minimum absolute atomic E-state index is 0.101. The average Bonchev–Trinajstić information content (AvgIpc) is 3.12. The molecule has 0 aliphatic carbocycles. The Kier molecular flexibility index (Phi) is 6.23. The van der Waals surface area contributed by atoms with Gasteiger partial charge in [-0.3, -0.25) is 4.79 Å². The zero-order valence-electron chi connectivity index (χ0n) is 16.9. The van der Waals surface area contributed by atoms with Gasteiger partial charge in [0.25, 0.3) is 0 Å². The quantitative estimate of drug-likeness (QED) is 0.615. The lowest BCUT2D eigenvalue weighted by molar-refractivity contribution is -0.128. The Morgan fingerprint density at radius 2 is 1.70 bits per heavy atom. The van der Waals surface area contributed by atoms with Gasteiger partial charge in [-0.05, 0) is 24.6 Å². The fourth-order valence-electron chi connectivity index (χ4n) is 3.56. The van der Waals surface area contributed by atoms with Crippen molar-refractivity contribution in [2.75, 3.05) is 36.8 Å². The van der Waals surface area contributed by atoms with Crippen molar-refractivity contribution in [1.29, 1.82) is 0 Å². The Hall–Kier alpha value is -3.00. The van der Waals surface area contributed by atoms with E-state index in [-0.39, 0.29) is 11.7 Å². The zero-order chi connectivity index (χ0) is 20.9. The van der Waals surface area contributed by atoms with Gasteiger partial charge in [-0.15, -0.1) is 10.2 Å². The topological polar surface area (TPSA) is 74.5 Å². The van der Waals surface area contributed by atoms with Crippen LogP contribution in [0, 0.1) is 6.92 Å². The van der Waals surface area contributed by atoms with E-state index < -0.39 is 0 Å². The number of hydrogen-bond donors (Lipinski definition) is 1. The van der Waals surface area contributed by atoms with Crippen molar-refractivity contribution in [2.45, 2.75) is 18.6 Å². The molecule has 30 heavy (non-hydrogen) atoms. The fraction of sp³-hybridized carbons (Fsp3) is 0.318. The first-order valence-corrected chi connectivity index (χ1v) is 11.0. The van der Waals surface area contributed by atoms with Gasteiger partial charge in [-0.25, -0.2) is 0 Å². The van der Waals surface area contributed by atoms with Crippen LogP contribution >= 0.6 is 11.8 Å². The van der Waals surface area contributed by atoms with Crippen molar-refractivity contribution in [3.05, 3.63) is 66.0 Å². The Labute approximate surface area is 180 Å². The number of aromatic hydroxyl groups is 1. The van der Waals surface area contributed by atoms with Crippen molar-refractivity contribution >= 4 is 23.4 Å². The highest BCUT2D eigenvalue weighted by atomic mass is 32.2. The molecule has 1 amide bonds. The van der Waals surface area contributed by atoms with Crippen LogP contribution in [0.4, 0.5) is 5.69 Å². The van der Waals surface area contributed by atoms with Crippen LogP contribution in [-0.4, -0.2) is 62.6 Å². The van der Waals surface area contributed by atoms with Crippen LogP contribution < -0.4 is 4.90 Å². The van der Waals surface area contributed by atoms with Crippen LogP contribution in [0.1, 0.15) is 11.4 Å². The van der Waals surface area contributed by atoms with Gasteiger partial charge in [-0.1, -0.05) is 54.2 Å². The zero-order valence-corrected chi connectivity index (χ0v) is 17.8. The number of nitrogens with zero attached hydrogens (tertiary/aromatic N) is 5. The van der Waals surface area contributed by atoms with Gasteiger partial charge in [0.1, 0.15) is 11.6 Å². The van der Waals surface area contributed by atoms with Crippen LogP contribution in [-0.2, 0) is 11.3 Å². The summed E-state index contributed by atoms with van der Waals surface area (Å²) in [6.45, 7) is 5.32. The number of phenols is 1. The number of amides is 1. The predicted octanol–water partition coefficient (Wildman–Crippen LogP) is 2.78. The molecule has 1 saturated heterocycles. The molecular formula is C22H25N5O2S. The highest BCUT2D eigenvalue weighted by Crippen LogP contribution is 2.27. The number of benzene rings is 2. The van der Waals surface area contributed by atoms with Crippen LogP contribution in [0.5, 0.6) is 5.75 Å². The van der Waals surface area contributed by atoms with E-state index in [1.807, 2.05) is 52.8 Å². The molecule has 1 aliphatic heterocycles. The lowest BCUT2D eigenvalue weighted by Gasteiger charge is -2.36. The van der Waals surface area contributed by atoms with Gasteiger partial charge in [0, 0.05) is 26.2 Å². The van der Waals surface area contributed by atoms with Crippen molar-refractivity contribution in [3.63, 3.8) is 0 Å². The largest absolute Gasteiger partial charge is 0.506 e. The fourth-order valence-corrected chi connectivity index (χ4v) is 4.45. The molecule has 1 N–H and O–H groups in total. The Bertz CT molecular complexity index is 1000. The maximum absolute atomic E-state index is 12.7. The smallest absolute Gasteiger partial charge is 0.233 e. The van der Waals surface area contributed by atoms with Gasteiger partial charge < -0.3 is 19.5 Å². The van der Waals surface area contributed by atoms with Crippen molar-refractivity contribution in [1.82, 2.24) is 19.7 Å². The second-order valence-corrected chi connectivity index (χ2v) is 8.19. The summed E-state index contributed by atoms with van der Waals surface area (Å²) in [5.74, 6) is 1.55. The van der Waals surface area contributed by atoms with E-state index in [2.05, 4.69) is 27.2 Å². The number of aryl methyl sites for hydroxylation is 1. The molecule has 2 heterocycles. The average molecular weight is 424 g/mol. The monoisotopic (exact) mass is 423 g/mol. The number of para-hydroxylation sites is 2. The molecule has 7 nitrogen and oxygen atoms in total. The normalized spacial score (nSPS) is 14.2. The standard InChI is InChI=1S/C22H25N5O2S/c1-17-23-24-22(27(17)15-18-7-3-2-4-8-18)30-16-21(29)26-13-11-25(12-14-26)19-9-5-6-10-20(19)28/h2-10,28H,11-16H2,1H3. The molecule has 1 aliphatic rings. The first-order valence-electron chi connectivity index (χ1n) is 9.99. The summed E-state index contributed by atoms with van der Waals surface area (Å²) in [4.78, 5) is 16.7. The van der Waals surface area contributed by atoms with E-state index in [0.717, 1.165) is 16.7 Å². The highest BCUT2D eigenvalue weighted by molar-refractivity contribution is 7.99. The van der Waals surface area contributed by atoms with E-state index in [4.69, 9.17) is 0 Å². The summed E-state index contributed by atoms with van der Waals surface area (Å²) < 4.78 is 2.05. The van der Waals surface area contributed by atoms with Crippen molar-refractivity contribution in [2.24, 2.45) is 0 Å². The predicted molar refractivity (Wildman–Crippen MR) is 118 cm³/mol. The summed E-state index contributed by atoms with van der Waals surface area (Å²) >= 11 is 1.43. The third-order valence-corrected chi connectivity index (χ3v) is 6.22. The lowest BCUT2D eigenvalue weighted by atomic mass is 10.2. The third kappa shape index (κ3) is 4.59. The summed E-state index contributed by atoms with van der Waals surface area (Å²) in [7, 11) is 0. The summed E-state index contributed by atoms with van der Waals surface area (Å²) in [6.07, 6.45) is 0. The maximum Gasteiger partial charge on any atom is 0.233 e. The van der Waals surface area contributed by atoms with E-state index in [1.54, 1.807) is 6.07 Å². The second-order valence-electron chi connectivity index (χ2n) is 7.25. The minimum atomic E-state index is 0.101. The number of phenolic OH excluding ortho intramolecular Hbond substituents is 1. The molecule has 4 rings (SSSR count). The van der Waals surface area contributed by atoms with Crippen LogP contribution in [0.25, 0.3) is 0 Å². The van der Waals surface area contributed by atoms with Crippen LogP contribution in [0.15, 0.2) is 59.8 Å². The van der Waals surface area contributed by atoms with E-state index in [1.165, 1.54) is 17.3 Å². The number of piperazine rings is 1. The molecule has 1 aromatic heterocycles. The number of rotatable bonds is 6. The lowest BCUT2D eigenvalue weighted by Crippen LogP contribution is -2.49. The van der Waals surface area contributed by atoms with Crippen molar-refractivity contribution < 1.29 is 9.90 Å². The second kappa shape index (κ2) is 9.21. The molecule has 0 unspecified atom stereocenters. The van der Waals surface area contributed by atoms with E-state index >= 15 is 0 Å². The first kappa shape index (κ1) is 20.3. The Balaban J connectivity index is 1.32. The maximum atomic E-state index is 12.7. The molecule has 1 fully saturated rings.